The summed E-state index contributed by atoms with van der Waals surface area (Å²) >= 11 is 0. The van der Waals surface area contributed by atoms with E-state index < -0.39 is 6.10 Å². The van der Waals surface area contributed by atoms with E-state index in [1.807, 2.05) is 18.2 Å². The van der Waals surface area contributed by atoms with Crippen LogP contribution in [-0.2, 0) is 6.42 Å². The maximum Gasteiger partial charge on any atom is 0.119 e. The van der Waals surface area contributed by atoms with E-state index in [2.05, 4.69) is 18.3 Å². The molecule has 1 atom stereocenters. The van der Waals surface area contributed by atoms with Gasteiger partial charge in [0.1, 0.15) is 18.5 Å². The van der Waals surface area contributed by atoms with Crippen molar-refractivity contribution >= 4 is 0 Å². The molecule has 1 aromatic rings. The SMILES string of the molecule is CCc1cccc(OCC(O)CNCCC2CC2)c1. The Morgan fingerprint density at radius 2 is 2.26 bits per heavy atom. The fourth-order valence-corrected chi connectivity index (χ4v) is 2.09. The van der Waals surface area contributed by atoms with Crippen LogP contribution in [0.5, 0.6) is 5.75 Å². The summed E-state index contributed by atoms with van der Waals surface area (Å²) < 4.78 is 5.61. The molecule has 0 saturated heterocycles. The fraction of sp³-hybridized carbons (Fsp3) is 0.625. The van der Waals surface area contributed by atoms with Crippen molar-refractivity contribution in [3.8, 4) is 5.75 Å². The number of hydrogen-bond acceptors (Lipinski definition) is 3. The monoisotopic (exact) mass is 263 g/mol. The molecule has 0 spiro atoms. The minimum absolute atomic E-state index is 0.351. The lowest BCUT2D eigenvalue weighted by Crippen LogP contribution is -2.32. The first-order valence-corrected chi connectivity index (χ1v) is 7.38. The van der Waals surface area contributed by atoms with Gasteiger partial charge < -0.3 is 15.2 Å². The molecule has 0 bridgehead atoms. The number of rotatable bonds is 9. The van der Waals surface area contributed by atoms with Crippen LogP contribution in [0.25, 0.3) is 0 Å². The highest BCUT2D eigenvalue weighted by Gasteiger charge is 2.20. The number of aliphatic hydroxyl groups is 1. The zero-order valence-corrected chi connectivity index (χ0v) is 11.8. The van der Waals surface area contributed by atoms with Crippen LogP contribution >= 0.6 is 0 Å². The van der Waals surface area contributed by atoms with Crippen LogP contribution in [0.4, 0.5) is 0 Å². The van der Waals surface area contributed by atoms with Gasteiger partial charge in [0.05, 0.1) is 0 Å². The lowest BCUT2D eigenvalue weighted by Gasteiger charge is -2.13. The van der Waals surface area contributed by atoms with Crippen molar-refractivity contribution in [2.24, 2.45) is 5.92 Å². The van der Waals surface area contributed by atoms with Gasteiger partial charge in [-0.15, -0.1) is 0 Å². The molecule has 1 unspecified atom stereocenters. The molecule has 1 fully saturated rings. The quantitative estimate of drug-likeness (QED) is 0.672. The second-order valence-electron chi connectivity index (χ2n) is 5.40. The van der Waals surface area contributed by atoms with Gasteiger partial charge in [0, 0.05) is 6.54 Å². The van der Waals surface area contributed by atoms with E-state index in [1.165, 1.54) is 24.8 Å². The number of nitrogens with one attached hydrogen (secondary N) is 1. The van der Waals surface area contributed by atoms with Gasteiger partial charge in [-0.2, -0.15) is 0 Å². The molecule has 2 rings (SSSR count). The Bertz CT molecular complexity index is 377. The van der Waals surface area contributed by atoms with Crippen molar-refractivity contribution < 1.29 is 9.84 Å². The minimum Gasteiger partial charge on any atom is -0.491 e. The summed E-state index contributed by atoms with van der Waals surface area (Å²) in [4.78, 5) is 0. The molecule has 1 saturated carbocycles. The average Bonchev–Trinajstić information content (AvgIpc) is 3.26. The molecular weight excluding hydrogens is 238 g/mol. The molecule has 0 aliphatic heterocycles. The van der Waals surface area contributed by atoms with Crippen molar-refractivity contribution in [3.05, 3.63) is 29.8 Å². The Hall–Kier alpha value is -1.06. The number of aliphatic hydroxyl groups excluding tert-OH is 1. The van der Waals surface area contributed by atoms with Crippen LogP contribution in [0, 0.1) is 5.92 Å². The molecule has 3 nitrogen and oxygen atoms in total. The summed E-state index contributed by atoms with van der Waals surface area (Å²) in [5.74, 6) is 1.79. The van der Waals surface area contributed by atoms with Crippen LogP contribution in [0.2, 0.25) is 0 Å². The molecular formula is C16H25NO2. The maximum atomic E-state index is 9.83. The van der Waals surface area contributed by atoms with Crippen molar-refractivity contribution in [2.45, 2.75) is 38.7 Å². The van der Waals surface area contributed by atoms with Gasteiger partial charge in [0.25, 0.3) is 0 Å². The summed E-state index contributed by atoms with van der Waals surface area (Å²) in [5, 5.41) is 13.1. The van der Waals surface area contributed by atoms with E-state index in [4.69, 9.17) is 4.74 Å². The summed E-state index contributed by atoms with van der Waals surface area (Å²) in [7, 11) is 0. The molecule has 0 amide bonds. The first-order valence-electron chi connectivity index (χ1n) is 7.38. The third kappa shape index (κ3) is 5.62. The molecule has 1 aliphatic rings. The predicted octanol–water partition coefficient (Wildman–Crippen LogP) is 2.38. The van der Waals surface area contributed by atoms with Crippen LogP contribution in [-0.4, -0.2) is 30.9 Å². The van der Waals surface area contributed by atoms with E-state index in [-0.39, 0.29) is 0 Å². The highest BCUT2D eigenvalue weighted by atomic mass is 16.5. The Labute approximate surface area is 116 Å². The van der Waals surface area contributed by atoms with Crippen LogP contribution in [0.15, 0.2) is 24.3 Å². The smallest absolute Gasteiger partial charge is 0.119 e. The average molecular weight is 263 g/mol. The van der Waals surface area contributed by atoms with Crippen LogP contribution in [0.1, 0.15) is 31.7 Å². The normalized spacial score (nSPS) is 16.3. The van der Waals surface area contributed by atoms with Gasteiger partial charge in [-0.1, -0.05) is 31.9 Å². The number of ether oxygens (including phenoxy) is 1. The summed E-state index contributed by atoms with van der Waals surface area (Å²) in [6.45, 7) is 4.09. The molecule has 3 heteroatoms. The molecule has 106 valence electrons. The van der Waals surface area contributed by atoms with Gasteiger partial charge in [0.15, 0.2) is 0 Å². The highest BCUT2D eigenvalue weighted by Crippen LogP contribution is 2.31. The van der Waals surface area contributed by atoms with Crippen LogP contribution in [0.3, 0.4) is 0 Å². The van der Waals surface area contributed by atoms with Gasteiger partial charge in [0.2, 0.25) is 0 Å². The minimum atomic E-state index is -0.440. The van der Waals surface area contributed by atoms with Gasteiger partial charge in [-0.25, -0.2) is 0 Å². The fourth-order valence-electron chi connectivity index (χ4n) is 2.09. The second kappa shape index (κ2) is 7.51. The van der Waals surface area contributed by atoms with E-state index in [0.29, 0.717) is 13.2 Å². The maximum absolute atomic E-state index is 9.83. The standard InChI is InChI=1S/C16H25NO2/c1-2-13-4-3-5-16(10-13)19-12-15(18)11-17-9-8-14-6-7-14/h3-5,10,14-15,17-18H,2,6-9,11-12H2,1H3. The lowest BCUT2D eigenvalue weighted by atomic mass is 10.2. The van der Waals surface area contributed by atoms with Gasteiger partial charge in [-0.3, -0.25) is 0 Å². The van der Waals surface area contributed by atoms with Gasteiger partial charge >= 0.3 is 0 Å². The summed E-state index contributed by atoms with van der Waals surface area (Å²) in [6, 6.07) is 8.05. The van der Waals surface area contributed by atoms with E-state index >= 15 is 0 Å². The molecule has 0 radical (unpaired) electrons. The Kier molecular flexibility index (Phi) is 5.67. The third-order valence-electron chi connectivity index (χ3n) is 3.56. The van der Waals surface area contributed by atoms with E-state index in [9.17, 15) is 5.11 Å². The summed E-state index contributed by atoms with van der Waals surface area (Å²) in [6.07, 6.45) is 4.58. The zero-order valence-electron chi connectivity index (χ0n) is 11.8. The first-order chi connectivity index (χ1) is 9.28. The number of aryl methyl sites for hydroxylation is 1. The topological polar surface area (TPSA) is 41.5 Å². The van der Waals surface area contributed by atoms with Crippen molar-refractivity contribution in [1.29, 1.82) is 0 Å². The third-order valence-corrected chi connectivity index (χ3v) is 3.56. The molecule has 0 heterocycles. The second-order valence-corrected chi connectivity index (χ2v) is 5.40. The predicted molar refractivity (Wildman–Crippen MR) is 77.5 cm³/mol. The van der Waals surface area contributed by atoms with Crippen molar-refractivity contribution in [2.75, 3.05) is 19.7 Å². The Morgan fingerprint density at radius 3 is 3.00 bits per heavy atom. The van der Waals surface area contributed by atoms with E-state index in [0.717, 1.165) is 24.6 Å². The van der Waals surface area contributed by atoms with Crippen molar-refractivity contribution in [3.63, 3.8) is 0 Å². The number of benzene rings is 1. The molecule has 19 heavy (non-hydrogen) atoms. The Morgan fingerprint density at radius 1 is 1.42 bits per heavy atom. The molecule has 1 aliphatic carbocycles. The van der Waals surface area contributed by atoms with E-state index in [1.54, 1.807) is 0 Å². The summed E-state index contributed by atoms with van der Waals surface area (Å²) in [5.41, 5.74) is 1.26. The largest absolute Gasteiger partial charge is 0.491 e. The van der Waals surface area contributed by atoms with Crippen molar-refractivity contribution in [1.82, 2.24) is 5.32 Å². The first kappa shape index (κ1) is 14.4. The van der Waals surface area contributed by atoms with Gasteiger partial charge in [-0.05, 0) is 43.0 Å². The highest BCUT2D eigenvalue weighted by molar-refractivity contribution is 5.28. The molecule has 1 aromatic carbocycles. The zero-order chi connectivity index (χ0) is 13.5. The Balaban J connectivity index is 1.59. The number of hydrogen-bond donors (Lipinski definition) is 2. The lowest BCUT2D eigenvalue weighted by molar-refractivity contribution is 0.106. The van der Waals surface area contributed by atoms with Crippen LogP contribution < -0.4 is 10.1 Å². The molecule has 2 N–H and O–H groups in total. The molecule has 0 aromatic heterocycles.